The average Bonchev–Trinajstić information content (AvgIpc) is 3.24. The van der Waals surface area contributed by atoms with Crippen LogP contribution in [0.15, 0.2) is 42.5 Å². The Bertz CT molecular complexity index is 907. The molecule has 4 nitrogen and oxygen atoms in total. The molecule has 0 spiro atoms. The molecule has 1 aliphatic carbocycles. The lowest BCUT2D eigenvalue weighted by atomic mass is 9.95. The first-order chi connectivity index (χ1) is 14.1. The second-order valence-corrected chi connectivity index (χ2v) is 7.05. The highest BCUT2D eigenvalue weighted by Gasteiger charge is 2.21. The van der Waals surface area contributed by atoms with Crippen LogP contribution in [0.1, 0.15) is 49.1 Å². The van der Waals surface area contributed by atoms with Gasteiger partial charge >= 0.3 is 5.97 Å². The molecule has 1 atom stereocenters. The summed E-state index contributed by atoms with van der Waals surface area (Å²) >= 11 is 0. The van der Waals surface area contributed by atoms with E-state index in [1.165, 1.54) is 19.2 Å². The fourth-order valence-electron chi connectivity index (χ4n) is 3.43. The van der Waals surface area contributed by atoms with Crippen LogP contribution < -0.4 is 9.47 Å². The predicted molar refractivity (Wildman–Crippen MR) is 109 cm³/mol. The molecule has 0 bridgehead atoms. The quantitative estimate of drug-likeness (QED) is 0.517. The standard InChI is InChI=1S/C24H25FO4/c1-27-22-13-12-18(15-23(22)29-21-8-3-4-9-21)19(16-24(26)28-2)11-10-17-6-5-7-20(25)14-17/h5-7,12-15,19,21H,3-4,8-9,16H2,1-2H3/t19-/m0/s1. The van der Waals surface area contributed by atoms with Crippen molar-refractivity contribution in [2.24, 2.45) is 0 Å². The van der Waals surface area contributed by atoms with Crippen LogP contribution in [0.25, 0.3) is 0 Å². The molecule has 1 saturated carbocycles. The molecular formula is C24H25FO4. The number of esters is 1. The number of hydrogen-bond donors (Lipinski definition) is 0. The molecule has 0 saturated heterocycles. The molecular weight excluding hydrogens is 371 g/mol. The maximum Gasteiger partial charge on any atom is 0.307 e. The van der Waals surface area contributed by atoms with Crippen molar-refractivity contribution in [2.75, 3.05) is 14.2 Å². The van der Waals surface area contributed by atoms with Crippen molar-refractivity contribution in [3.63, 3.8) is 0 Å². The highest BCUT2D eigenvalue weighted by Crippen LogP contribution is 2.35. The minimum atomic E-state index is -0.414. The second kappa shape index (κ2) is 9.97. The molecule has 5 heteroatoms. The summed E-state index contributed by atoms with van der Waals surface area (Å²) in [5, 5.41) is 0. The van der Waals surface area contributed by atoms with Gasteiger partial charge in [0.15, 0.2) is 11.5 Å². The average molecular weight is 396 g/mol. The first-order valence-electron chi connectivity index (χ1n) is 9.77. The van der Waals surface area contributed by atoms with Gasteiger partial charge in [0, 0.05) is 5.56 Å². The number of carbonyl (C=O) groups is 1. The fourth-order valence-corrected chi connectivity index (χ4v) is 3.43. The van der Waals surface area contributed by atoms with Crippen molar-refractivity contribution in [3.8, 4) is 23.3 Å². The van der Waals surface area contributed by atoms with Crippen LogP contribution >= 0.6 is 0 Å². The molecule has 3 rings (SSSR count). The molecule has 0 unspecified atom stereocenters. The number of methoxy groups -OCH3 is 2. The second-order valence-electron chi connectivity index (χ2n) is 7.05. The van der Waals surface area contributed by atoms with Crippen molar-refractivity contribution in [1.82, 2.24) is 0 Å². The summed E-state index contributed by atoms with van der Waals surface area (Å²) in [6, 6.07) is 11.6. The van der Waals surface area contributed by atoms with E-state index in [0.29, 0.717) is 17.1 Å². The Morgan fingerprint density at radius 3 is 2.62 bits per heavy atom. The maximum atomic E-state index is 13.4. The Morgan fingerprint density at radius 1 is 1.14 bits per heavy atom. The smallest absolute Gasteiger partial charge is 0.307 e. The third-order valence-corrected chi connectivity index (χ3v) is 5.00. The highest BCUT2D eigenvalue weighted by atomic mass is 19.1. The van der Waals surface area contributed by atoms with E-state index in [2.05, 4.69) is 11.8 Å². The van der Waals surface area contributed by atoms with Crippen molar-refractivity contribution in [2.45, 2.75) is 44.1 Å². The Hall–Kier alpha value is -3.00. The van der Waals surface area contributed by atoms with Gasteiger partial charge in [0.2, 0.25) is 0 Å². The summed E-state index contributed by atoms with van der Waals surface area (Å²) in [5.41, 5.74) is 1.38. The minimum Gasteiger partial charge on any atom is -0.493 e. The fraction of sp³-hybridized carbons (Fsp3) is 0.375. The molecule has 1 fully saturated rings. The van der Waals surface area contributed by atoms with Crippen LogP contribution in [0.2, 0.25) is 0 Å². The van der Waals surface area contributed by atoms with Crippen LogP contribution in [-0.4, -0.2) is 26.3 Å². The molecule has 0 N–H and O–H groups in total. The van der Waals surface area contributed by atoms with E-state index in [1.54, 1.807) is 19.2 Å². The zero-order chi connectivity index (χ0) is 20.6. The van der Waals surface area contributed by atoms with E-state index in [-0.39, 0.29) is 24.3 Å². The summed E-state index contributed by atoms with van der Waals surface area (Å²) in [6.07, 6.45) is 4.65. The van der Waals surface area contributed by atoms with E-state index < -0.39 is 5.92 Å². The molecule has 2 aromatic carbocycles. The predicted octanol–water partition coefficient (Wildman–Crippen LogP) is 4.85. The first kappa shape index (κ1) is 20.7. The molecule has 152 valence electrons. The Balaban J connectivity index is 1.91. The first-order valence-corrected chi connectivity index (χ1v) is 9.77. The molecule has 0 amide bonds. The third kappa shape index (κ3) is 5.74. The summed E-state index contributed by atoms with van der Waals surface area (Å²) < 4.78 is 29.9. The van der Waals surface area contributed by atoms with E-state index in [0.717, 1.165) is 31.2 Å². The van der Waals surface area contributed by atoms with E-state index >= 15 is 0 Å². The SMILES string of the molecule is COC(=O)C[C@H](C#Cc1cccc(F)c1)c1ccc(OC)c(OC2CCCC2)c1. The van der Waals surface area contributed by atoms with Gasteiger partial charge in [0.05, 0.1) is 32.7 Å². The number of benzene rings is 2. The number of rotatable bonds is 6. The van der Waals surface area contributed by atoms with Crippen LogP contribution in [0, 0.1) is 17.7 Å². The molecule has 1 aliphatic rings. The summed E-state index contributed by atoms with van der Waals surface area (Å²) in [5.74, 6) is 6.23. The van der Waals surface area contributed by atoms with Gasteiger partial charge < -0.3 is 14.2 Å². The van der Waals surface area contributed by atoms with Crippen LogP contribution in [-0.2, 0) is 9.53 Å². The summed E-state index contributed by atoms with van der Waals surface area (Å²) in [7, 11) is 2.95. The van der Waals surface area contributed by atoms with Gasteiger partial charge in [-0.25, -0.2) is 4.39 Å². The third-order valence-electron chi connectivity index (χ3n) is 5.00. The van der Waals surface area contributed by atoms with Crippen molar-refractivity contribution in [1.29, 1.82) is 0 Å². The maximum absolute atomic E-state index is 13.4. The van der Waals surface area contributed by atoms with Crippen molar-refractivity contribution < 1.29 is 23.4 Å². The summed E-state index contributed by atoms with van der Waals surface area (Å²) in [4.78, 5) is 11.9. The molecule has 29 heavy (non-hydrogen) atoms. The topological polar surface area (TPSA) is 44.8 Å². The van der Waals surface area contributed by atoms with Crippen LogP contribution in [0.4, 0.5) is 4.39 Å². The van der Waals surface area contributed by atoms with Crippen LogP contribution in [0.3, 0.4) is 0 Å². The molecule has 0 aromatic heterocycles. The highest BCUT2D eigenvalue weighted by molar-refractivity contribution is 5.71. The Morgan fingerprint density at radius 2 is 1.93 bits per heavy atom. The zero-order valence-corrected chi connectivity index (χ0v) is 16.7. The van der Waals surface area contributed by atoms with Gasteiger partial charge in [0.1, 0.15) is 5.82 Å². The number of ether oxygens (including phenoxy) is 3. The minimum absolute atomic E-state index is 0.0913. The van der Waals surface area contributed by atoms with Crippen molar-refractivity contribution >= 4 is 5.97 Å². The monoisotopic (exact) mass is 396 g/mol. The van der Waals surface area contributed by atoms with Gasteiger partial charge in [0.25, 0.3) is 0 Å². The van der Waals surface area contributed by atoms with E-state index in [4.69, 9.17) is 14.2 Å². The van der Waals surface area contributed by atoms with Gasteiger partial charge in [-0.05, 0) is 61.6 Å². The van der Waals surface area contributed by atoms with Gasteiger partial charge in [-0.15, -0.1) is 0 Å². The van der Waals surface area contributed by atoms with Gasteiger partial charge in [-0.1, -0.05) is 24.0 Å². The lowest BCUT2D eigenvalue weighted by Crippen LogP contribution is -2.12. The Labute approximate surface area is 171 Å². The lowest BCUT2D eigenvalue weighted by molar-refractivity contribution is -0.140. The molecule has 0 heterocycles. The lowest BCUT2D eigenvalue weighted by Gasteiger charge is -2.18. The summed E-state index contributed by atoms with van der Waals surface area (Å²) in [6.45, 7) is 0. The van der Waals surface area contributed by atoms with Gasteiger partial charge in [-0.3, -0.25) is 4.79 Å². The molecule has 0 aliphatic heterocycles. The van der Waals surface area contributed by atoms with Gasteiger partial charge in [-0.2, -0.15) is 0 Å². The number of halogens is 1. The van der Waals surface area contributed by atoms with E-state index in [9.17, 15) is 9.18 Å². The van der Waals surface area contributed by atoms with Crippen LogP contribution in [0.5, 0.6) is 11.5 Å². The number of carbonyl (C=O) groups excluding carboxylic acids is 1. The normalized spacial score (nSPS) is 14.6. The molecule has 2 aromatic rings. The van der Waals surface area contributed by atoms with E-state index in [1.807, 2.05) is 18.2 Å². The Kier molecular flexibility index (Phi) is 7.13. The zero-order valence-electron chi connectivity index (χ0n) is 16.7. The number of hydrogen-bond acceptors (Lipinski definition) is 4. The molecule has 0 radical (unpaired) electrons. The largest absolute Gasteiger partial charge is 0.493 e. The van der Waals surface area contributed by atoms with Crippen molar-refractivity contribution in [3.05, 3.63) is 59.4 Å².